The van der Waals surface area contributed by atoms with E-state index < -0.39 is 0 Å². The van der Waals surface area contributed by atoms with Gasteiger partial charge in [-0.3, -0.25) is 4.68 Å². The van der Waals surface area contributed by atoms with Crippen LogP contribution in [0.25, 0.3) is 0 Å². The van der Waals surface area contributed by atoms with Crippen LogP contribution in [0.15, 0.2) is 4.47 Å². The lowest BCUT2D eigenvalue weighted by atomic mass is 10.3. The van der Waals surface area contributed by atoms with Crippen molar-refractivity contribution in [2.75, 3.05) is 6.54 Å². The smallest absolute Gasteiger partial charge is 0.0739 e. The molecule has 0 aromatic carbocycles. The molecule has 0 aliphatic heterocycles. The zero-order valence-corrected chi connectivity index (χ0v) is 12.0. The number of hydrogen-bond donors (Lipinski definition) is 1. The molecule has 1 saturated carbocycles. The standard InChI is InChI=1S/C11H17BrClN3/c1-7-11(12)10(16(2)15-7)6-14-5-9(13)8-3-4-8/h8-9,14H,3-6H2,1-2H3. The highest BCUT2D eigenvalue weighted by Crippen LogP contribution is 2.35. The molecule has 0 saturated heterocycles. The Labute approximate surface area is 110 Å². The van der Waals surface area contributed by atoms with Crippen LogP contribution < -0.4 is 5.32 Å². The highest BCUT2D eigenvalue weighted by atomic mass is 79.9. The molecule has 5 heteroatoms. The first kappa shape index (κ1) is 12.4. The largest absolute Gasteiger partial charge is 0.310 e. The number of hydrogen-bond acceptors (Lipinski definition) is 2. The van der Waals surface area contributed by atoms with Crippen LogP contribution in [0.5, 0.6) is 0 Å². The van der Waals surface area contributed by atoms with Gasteiger partial charge in [0.1, 0.15) is 0 Å². The van der Waals surface area contributed by atoms with E-state index in [0.717, 1.165) is 29.2 Å². The van der Waals surface area contributed by atoms with Gasteiger partial charge in [-0.1, -0.05) is 0 Å². The van der Waals surface area contributed by atoms with Crippen LogP contribution >= 0.6 is 27.5 Å². The summed E-state index contributed by atoms with van der Waals surface area (Å²) in [5, 5.41) is 8.03. The molecule has 1 aliphatic rings. The van der Waals surface area contributed by atoms with Gasteiger partial charge in [-0.05, 0) is 41.6 Å². The van der Waals surface area contributed by atoms with Crippen LogP contribution in [-0.2, 0) is 13.6 Å². The minimum absolute atomic E-state index is 0.285. The maximum Gasteiger partial charge on any atom is 0.0739 e. The summed E-state index contributed by atoms with van der Waals surface area (Å²) in [6.07, 6.45) is 2.59. The quantitative estimate of drug-likeness (QED) is 0.848. The molecule has 0 bridgehead atoms. The fourth-order valence-electron chi connectivity index (χ4n) is 1.83. The molecule has 1 fully saturated rings. The Morgan fingerprint density at radius 2 is 2.31 bits per heavy atom. The number of nitrogens with zero attached hydrogens (tertiary/aromatic N) is 2. The van der Waals surface area contributed by atoms with Gasteiger partial charge in [0.25, 0.3) is 0 Å². The summed E-state index contributed by atoms with van der Waals surface area (Å²) in [4.78, 5) is 0. The summed E-state index contributed by atoms with van der Waals surface area (Å²) in [5.41, 5.74) is 2.21. The summed E-state index contributed by atoms with van der Waals surface area (Å²) >= 11 is 9.79. The van der Waals surface area contributed by atoms with E-state index in [1.807, 2.05) is 18.7 Å². The topological polar surface area (TPSA) is 29.9 Å². The van der Waals surface area contributed by atoms with Gasteiger partial charge in [-0.25, -0.2) is 0 Å². The number of aryl methyl sites for hydroxylation is 2. The van der Waals surface area contributed by atoms with Crippen LogP contribution in [0.4, 0.5) is 0 Å². The highest BCUT2D eigenvalue weighted by Gasteiger charge is 2.29. The second-order valence-electron chi connectivity index (χ2n) is 4.45. The zero-order chi connectivity index (χ0) is 11.7. The van der Waals surface area contributed by atoms with E-state index in [2.05, 4.69) is 26.3 Å². The van der Waals surface area contributed by atoms with Crippen molar-refractivity contribution in [2.24, 2.45) is 13.0 Å². The van der Waals surface area contributed by atoms with E-state index in [0.29, 0.717) is 0 Å². The number of aromatic nitrogens is 2. The fourth-order valence-corrected chi connectivity index (χ4v) is 2.66. The summed E-state index contributed by atoms with van der Waals surface area (Å²) in [6, 6.07) is 0. The monoisotopic (exact) mass is 305 g/mol. The molecular formula is C11H17BrClN3. The van der Waals surface area contributed by atoms with Crippen molar-refractivity contribution in [3.8, 4) is 0 Å². The fraction of sp³-hybridized carbons (Fsp3) is 0.727. The zero-order valence-electron chi connectivity index (χ0n) is 9.63. The number of alkyl halides is 1. The molecule has 0 spiro atoms. The lowest BCUT2D eigenvalue weighted by Gasteiger charge is -2.10. The van der Waals surface area contributed by atoms with Gasteiger partial charge < -0.3 is 5.32 Å². The van der Waals surface area contributed by atoms with Crippen molar-refractivity contribution >= 4 is 27.5 Å². The van der Waals surface area contributed by atoms with Crippen LogP contribution in [0.3, 0.4) is 0 Å². The van der Waals surface area contributed by atoms with E-state index in [1.54, 1.807) is 0 Å². The Morgan fingerprint density at radius 3 is 2.81 bits per heavy atom. The number of rotatable bonds is 5. The Bertz CT molecular complexity index is 374. The second-order valence-corrected chi connectivity index (χ2v) is 5.81. The van der Waals surface area contributed by atoms with Crippen molar-refractivity contribution in [3.63, 3.8) is 0 Å². The van der Waals surface area contributed by atoms with Crippen molar-refractivity contribution in [2.45, 2.75) is 31.7 Å². The molecule has 1 unspecified atom stereocenters. The van der Waals surface area contributed by atoms with Crippen molar-refractivity contribution in [1.82, 2.24) is 15.1 Å². The van der Waals surface area contributed by atoms with Crippen LogP contribution in [-0.4, -0.2) is 21.7 Å². The van der Waals surface area contributed by atoms with E-state index in [9.17, 15) is 0 Å². The average molecular weight is 307 g/mol. The Balaban J connectivity index is 1.84. The van der Waals surface area contributed by atoms with E-state index >= 15 is 0 Å². The normalized spacial score (nSPS) is 17.8. The molecule has 16 heavy (non-hydrogen) atoms. The van der Waals surface area contributed by atoms with Gasteiger partial charge in [-0.2, -0.15) is 5.10 Å². The van der Waals surface area contributed by atoms with Crippen molar-refractivity contribution < 1.29 is 0 Å². The average Bonchev–Trinajstić information content (AvgIpc) is 3.02. The molecule has 1 aromatic heterocycles. The molecule has 1 atom stereocenters. The SMILES string of the molecule is Cc1nn(C)c(CNCC(Cl)C2CC2)c1Br. The Kier molecular flexibility index (Phi) is 3.93. The lowest BCUT2D eigenvalue weighted by Crippen LogP contribution is -2.25. The predicted octanol–water partition coefficient (Wildman–Crippen LogP) is 2.60. The predicted molar refractivity (Wildman–Crippen MR) is 69.7 cm³/mol. The highest BCUT2D eigenvalue weighted by molar-refractivity contribution is 9.10. The van der Waals surface area contributed by atoms with Gasteiger partial charge in [0.05, 0.1) is 15.9 Å². The van der Waals surface area contributed by atoms with Crippen LogP contribution in [0.2, 0.25) is 0 Å². The van der Waals surface area contributed by atoms with Gasteiger partial charge >= 0.3 is 0 Å². The van der Waals surface area contributed by atoms with Crippen molar-refractivity contribution in [1.29, 1.82) is 0 Å². The van der Waals surface area contributed by atoms with Gasteiger partial charge in [0.2, 0.25) is 0 Å². The van der Waals surface area contributed by atoms with Crippen LogP contribution in [0.1, 0.15) is 24.2 Å². The Morgan fingerprint density at radius 1 is 1.62 bits per heavy atom. The second kappa shape index (κ2) is 5.07. The summed E-state index contributed by atoms with van der Waals surface area (Å²) in [6.45, 7) is 3.69. The number of nitrogens with one attached hydrogen (secondary N) is 1. The maximum absolute atomic E-state index is 6.23. The summed E-state index contributed by atoms with van der Waals surface area (Å²) < 4.78 is 3.01. The van der Waals surface area contributed by atoms with E-state index in [-0.39, 0.29) is 5.38 Å². The maximum atomic E-state index is 6.23. The van der Waals surface area contributed by atoms with Crippen molar-refractivity contribution in [3.05, 3.63) is 15.9 Å². The van der Waals surface area contributed by atoms with Gasteiger partial charge in [0.15, 0.2) is 0 Å². The molecule has 0 radical (unpaired) electrons. The first-order chi connectivity index (χ1) is 7.59. The lowest BCUT2D eigenvalue weighted by molar-refractivity contribution is 0.588. The molecule has 2 rings (SSSR count). The molecule has 3 nitrogen and oxygen atoms in total. The molecule has 0 amide bonds. The number of halogens is 2. The third-order valence-corrected chi connectivity index (χ3v) is 4.57. The van der Waals surface area contributed by atoms with E-state index in [4.69, 9.17) is 11.6 Å². The molecule has 1 aromatic rings. The molecule has 1 aliphatic carbocycles. The molecule has 90 valence electrons. The molecule has 1 N–H and O–H groups in total. The third-order valence-electron chi connectivity index (χ3n) is 3.03. The third kappa shape index (κ3) is 2.79. The first-order valence-corrected chi connectivity index (χ1v) is 6.85. The minimum Gasteiger partial charge on any atom is -0.310 e. The molecule has 1 heterocycles. The Hall–Kier alpha value is -0.0600. The van der Waals surface area contributed by atoms with Gasteiger partial charge in [0, 0.05) is 25.5 Å². The minimum atomic E-state index is 0.285. The summed E-state index contributed by atoms with van der Waals surface area (Å²) in [7, 11) is 1.97. The summed E-state index contributed by atoms with van der Waals surface area (Å²) in [5.74, 6) is 0.742. The van der Waals surface area contributed by atoms with E-state index in [1.165, 1.54) is 18.5 Å². The molecular weight excluding hydrogens is 289 g/mol. The van der Waals surface area contributed by atoms with Gasteiger partial charge in [-0.15, -0.1) is 11.6 Å². The van der Waals surface area contributed by atoms with Crippen LogP contribution in [0, 0.1) is 12.8 Å². The first-order valence-electron chi connectivity index (χ1n) is 5.62.